The number of carbonyl (C=O) groups excluding carboxylic acids is 3. The van der Waals surface area contributed by atoms with E-state index in [9.17, 15) is 14.4 Å². The van der Waals surface area contributed by atoms with Crippen molar-refractivity contribution >= 4 is 39.9 Å². The van der Waals surface area contributed by atoms with E-state index in [4.69, 9.17) is 4.42 Å². The third-order valence-corrected chi connectivity index (χ3v) is 7.32. The van der Waals surface area contributed by atoms with Crippen molar-refractivity contribution in [2.24, 2.45) is 5.92 Å². The second-order valence-corrected chi connectivity index (χ2v) is 9.62. The molecule has 9 heteroatoms. The van der Waals surface area contributed by atoms with E-state index in [1.54, 1.807) is 11.0 Å². The maximum absolute atomic E-state index is 13.2. The van der Waals surface area contributed by atoms with Crippen LogP contribution in [0, 0.1) is 19.8 Å². The number of carbonyl (C=O) groups is 3. The Morgan fingerprint density at radius 3 is 2.82 bits per heavy atom. The molecule has 2 aliphatic heterocycles. The van der Waals surface area contributed by atoms with E-state index in [1.807, 2.05) is 36.9 Å². The number of furan rings is 1. The Hall–Kier alpha value is -3.46. The predicted molar refractivity (Wildman–Crippen MR) is 124 cm³/mol. The summed E-state index contributed by atoms with van der Waals surface area (Å²) < 4.78 is 4.95. The molecule has 4 heterocycles. The number of amides is 3. The van der Waals surface area contributed by atoms with Crippen LogP contribution < -0.4 is 10.2 Å². The molecule has 1 saturated heterocycles. The standard InChI is InChI=1S/C24H24N4O4S/c1-14-3-4-18(9-15(14)2)28-11-17(10-21(28)29)23(31)27-7-5-19-20(12-27)33-24(25-19)26-22(30)16-6-8-32-13-16/h3-4,6,8-9,13,17H,5,7,10-12H2,1-2H3,(H,25,26,30). The number of fused-ring (bicyclic) bond motifs is 1. The van der Waals surface area contributed by atoms with Crippen molar-refractivity contribution in [1.29, 1.82) is 0 Å². The molecule has 1 fully saturated rings. The minimum absolute atomic E-state index is 0.00211. The zero-order valence-electron chi connectivity index (χ0n) is 18.5. The number of rotatable bonds is 4. The molecule has 170 valence electrons. The van der Waals surface area contributed by atoms with Gasteiger partial charge in [0.15, 0.2) is 5.13 Å². The summed E-state index contributed by atoms with van der Waals surface area (Å²) in [6, 6.07) is 7.54. The van der Waals surface area contributed by atoms with Crippen LogP contribution in [0.1, 0.15) is 38.5 Å². The number of hydrogen-bond donors (Lipinski definition) is 1. The van der Waals surface area contributed by atoms with Crippen molar-refractivity contribution in [1.82, 2.24) is 9.88 Å². The molecular formula is C24H24N4O4S. The lowest BCUT2D eigenvalue weighted by molar-refractivity contribution is -0.136. The van der Waals surface area contributed by atoms with E-state index >= 15 is 0 Å². The summed E-state index contributed by atoms with van der Waals surface area (Å²) in [4.78, 5) is 47.2. The van der Waals surface area contributed by atoms with Crippen molar-refractivity contribution in [3.63, 3.8) is 0 Å². The van der Waals surface area contributed by atoms with E-state index in [0.29, 0.717) is 36.8 Å². The third-order valence-electron chi connectivity index (χ3n) is 6.32. The highest BCUT2D eigenvalue weighted by molar-refractivity contribution is 7.15. The molecule has 0 spiro atoms. The SMILES string of the molecule is Cc1ccc(N2CC(C(=O)N3CCc4nc(NC(=O)c5ccoc5)sc4C3)CC2=O)cc1C. The van der Waals surface area contributed by atoms with Gasteiger partial charge >= 0.3 is 0 Å². The number of nitrogens with one attached hydrogen (secondary N) is 1. The third kappa shape index (κ3) is 4.16. The normalized spacial score (nSPS) is 17.9. The molecule has 2 aliphatic rings. The van der Waals surface area contributed by atoms with Crippen LogP contribution in [0.25, 0.3) is 0 Å². The number of thiazole rings is 1. The monoisotopic (exact) mass is 464 g/mol. The molecule has 8 nitrogen and oxygen atoms in total. The molecule has 1 atom stereocenters. The lowest BCUT2D eigenvalue weighted by Crippen LogP contribution is -2.40. The van der Waals surface area contributed by atoms with Gasteiger partial charge in [0.2, 0.25) is 11.8 Å². The van der Waals surface area contributed by atoms with E-state index in [-0.39, 0.29) is 30.1 Å². The number of aromatic nitrogens is 1. The van der Waals surface area contributed by atoms with Crippen molar-refractivity contribution in [2.45, 2.75) is 33.2 Å². The van der Waals surface area contributed by atoms with Crippen LogP contribution in [0.15, 0.2) is 41.2 Å². The first-order valence-corrected chi connectivity index (χ1v) is 11.7. The number of nitrogens with zero attached hydrogens (tertiary/aromatic N) is 3. The maximum atomic E-state index is 13.2. The molecule has 5 rings (SSSR count). The molecule has 1 unspecified atom stereocenters. The highest BCUT2D eigenvalue weighted by Gasteiger charge is 2.38. The van der Waals surface area contributed by atoms with Crippen LogP contribution in [0.2, 0.25) is 0 Å². The van der Waals surface area contributed by atoms with Gasteiger partial charge < -0.3 is 14.2 Å². The van der Waals surface area contributed by atoms with E-state index in [0.717, 1.165) is 21.8 Å². The first kappa shape index (κ1) is 21.4. The second kappa shape index (κ2) is 8.47. The Kier molecular flexibility index (Phi) is 5.49. The predicted octanol–water partition coefficient (Wildman–Crippen LogP) is 3.54. The van der Waals surface area contributed by atoms with Gasteiger partial charge in [-0.2, -0.15) is 0 Å². The fourth-order valence-corrected chi connectivity index (χ4v) is 5.29. The quantitative estimate of drug-likeness (QED) is 0.637. The molecule has 0 radical (unpaired) electrons. The Morgan fingerprint density at radius 1 is 1.21 bits per heavy atom. The highest BCUT2D eigenvalue weighted by Crippen LogP contribution is 2.32. The largest absolute Gasteiger partial charge is 0.472 e. The molecule has 3 amide bonds. The van der Waals surface area contributed by atoms with Gasteiger partial charge in [0.25, 0.3) is 5.91 Å². The summed E-state index contributed by atoms with van der Waals surface area (Å²) in [6.45, 7) is 5.46. The van der Waals surface area contributed by atoms with Crippen LogP contribution in [0.4, 0.5) is 10.8 Å². The first-order valence-electron chi connectivity index (χ1n) is 10.9. The highest BCUT2D eigenvalue weighted by atomic mass is 32.1. The van der Waals surface area contributed by atoms with Gasteiger partial charge in [0, 0.05) is 36.5 Å². The zero-order chi connectivity index (χ0) is 23.1. The second-order valence-electron chi connectivity index (χ2n) is 8.54. The molecule has 2 aromatic heterocycles. The number of anilines is 2. The topological polar surface area (TPSA) is 95.8 Å². The van der Waals surface area contributed by atoms with Gasteiger partial charge in [-0.25, -0.2) is 4.98 Å². The fraction of sp³-hybridized carbons (Fsp3) is 0.333. The van der Waals surface area contributed by atoms with Gasteiger partial charge in [-0.15, -0.1) is 0 Å². The summed E-state index contributed by atoms with van der Waals surface area (Å²) in [7, 11) is 0. The average molecular weight is 465 g/mol. The van der Waals surface area contributed by atoms with Crippen molar-refractivity contribution in [3.05, 3.63) is 64.1 Å². The molecule has 1 N–H and O–H groups in total. The van der Waals surface area contributed by atoms with E-state index in [2.05, 4.69) is 10.3 Å². The Labute approximate surface area is 195 Å². The lowest BCUT2D eigenvalue weighted by atomic mass is 10.1. The van der Waals surface area contributed by atoms with Crippen molar-refractivity contribution in [2.75, 3.05) is 23.3 Å². The van der Waals surface area contributed by atoms with Crippen LogP contribution in [0.5, 0.6) is 0 Å². The summed E-state index contributed by atoms with van der Waals surface area (Å²) >= 11 is 1.38. The van der Waals surface area contributed by atoms with Crippen molar-refractivity contribution in [3.8, 4) is 0 Å². The molecule has 0 bridgehead atoms. The fourth-order valence-electron chi connectivity index (χ4n) is 4.27. The first-order chi connectivity index (χ1) is 15.9. The van der Waals surface area contributed by atoms with Crippen LogP contribution in [-0.2, 0) is 22.6 Å². The minimum atomic E-state index is -0.353. The van der Waals surface area contributed by atoms with Crippen molar-refractivity contribution < 1.29 is 18.8 Å². The number of aryl methyl sites for hydroxylation is 2. The maximum Gasteiger partial charge on any atom is 0.260 e. The average Bonchev–Trinajstić information content (AvgIpc) is 3.54. The van der Waals surface area contributed by atoms with Gasteiger partial charge in [0.05, 0.1) is 30.0 Å². The zero-order valence-corrected chi connectivity index (χ0v) is 19.3. The molecule has 1 aromatic carbocycles. The van der Waals surface area contributed by atoms with Crippen LogP contribution in [-0.4, -0.2) is 40.7 Å². The molecule has 33 heavy (non-hydrogen) atoms. The molecule has 0 aliphatic carbocycles. The van der Waals surface area contributed by atoms with Gasteiger partial charge in [-0.05, 0) is 43.2 Å². The minimum Gasteiger partial charge on any atom is -0.472 e. The van der Waals surface area contributed by atoms with Gasteiger partial charge in [0.1, 0.15) is 6.26 Å². The number of hydrogen-bond acceptors (Lipinski definition) is 6. The molecule has 0 saturated carbocycles. The summed E-state index contributed by atoms with van der Waals surface area (Å²) in [5, 5.41) is 3.30. The smallest absolute Gasteiger partial charge is 0.260 e. The summed E-state index contributed by atoms with van der Waals surface area (Å²) in [5.41, 5.74) is 4.48. The molecular weight excluding hydrogens is 440 g/mol. The number of benzene rings is 1. The summed E-state index contributed by atoms with van der Waals surface area (Å²) in [5.74, 6) is -0.651. The summed E-state index contributed by atoms with van der Waals surface area (Å²) in [6.07, 6.45) is 3.68. The Bertz CT molecular complexity index is 1230. The lowest BCUT2D eigenvalue weighted by Gasteiger charge is -2.28. The van der Waals surface area contributed by atoms with Gasteiger partial charge in [-0.1, -0.05) is 17.4 Å². The van der Waals surface area contributed by atoms with Crippen LogP contribution >= 0.6 is 11.3 Å². The van der Waals surface area contributed by atoms with E-state index in [1.165, 1.54) is 29.4 Å². The molecule has 3 aromatic rings. The Balaban J connectivity index is 1.25. The van der Waals surface area contributed by atoms with Gasteiger partial charge in [-0.3, -0.25) is 19.7 Å². The Morgan fingerprint density at radius 2 is 2.06 bits per heavy atom. The van der Waals surface area contributed by atoms with Crippen LogP contribution in [0.3, 0.4) is 0 Å². The van der Waals surface area contributed by atoms with E-state index < -0.39 is 0 Å².